The number of carbonyl (C=O) groups is 3. The molecule has 20 nitrogen and oxygen atoms in total. The van der Waals surface area contributed by atoms with Crippen molar-refractivity contribution in [3.63, 3.8) is 0 Å². The van der Waals surface area contributed by atoms with E-state index in [9.17, 15) is 60.3 Å². The van der Waals surface area contributed by atoms with Gasteiger partial charge in [0.05, 0.1) is 18.2 Å². The van der Waals surface area contributed by atoms with Crippen LogP contribution in [0.2, 0.25) is 0 Å². The van der Waals surface area contributed by atoms with Crippen LogP contribution in [0.5, 0.6) is 28.7 Å². The first-order chi connectivity index (χ1) is 28.1. The predicted octanol–water partition coefficient (Wildman–Crippen LogP) is 0.145. The van der Waals surface area contributed by atoms with Crippen LogP contribution in [0.15, 0.2) is 77.2 Å². The van der Waals surface area contributed by atoms with Crippen LogP contribution in [0.3, 0.4) is 0 Å². The van der Waals surface area contributed by atoms with Gasteiger partial charge in [-0.1, -0.05) is 12.1 Å². The molecule has 0 spiro atoms. The van der Waals surface area contributed by atoms with Gasteiger partial charge in [0.25, 0.3) is 0 Å². The molecule has 10 N–H and O–H groups in total. The van der Waals surface area contributed by atoms with Gasteiger partial charge in [-0.25, -0.2) is 9.21 Å². The van der Waals surface area contributed by atoms with Crippen molar-refractivity contribution in [2.45, 2.75) is 67.8 Å². The molecule has 3 aromatic carbocycles. The molecule has 20 heteroatoms. The standard InChI is InChI=1S/C39H38O20/c40-15-26-37(59-30(47)14-28(44)45)33(50)35(52)39(57-26)55-24-12-21(43)11-23-22(24)13-25(36(54-23)18-4-8-20(42)9-5-18)56-38-34(51)32(49)31(48)27(58-38)16-53-29(46)10-3-17-1-6-19(41)7-2-17/h1-13,26-27,31-35,37-40,48-52H,14-16H2,(H3-,41,42,43,44,45,46)/p+1. The van der Waals surface area contributed by atoms with Crippen molar-refractivity contribution < 1.29 is 98.3 Å². The molecule has 2 aliphatic rings. The van der Waals surface area contributed by atoms with E-state index in [1.54, 1.807) is 12.1 Å². The number of aliphatic carboxylic acids is 1. The Morgan fingerprint density at radius 3 is 1.97 bits per heavy atom. The minimum Gasteiger partial charge on any atom is -0.508 e. The number of aliphatic hydroxyl groups is 6. The predicted molar refractivity (Wildman–Crippen MR) is 195 cm³/mol. The van der Waals surface area contributed by atoms with E-state index >= 15 is 0 Å². The number of carboxylic acid groups (broad SMARTS) is 1. The summed E-state index contributed by atoms with van der Waals surface area (Å²) in [5.41, 5.74) is 0.742. The fraction of sp³-hybridized carbons (Fsp3) is 0.333. The lowest BCUT2D eigenvalue weighted by molar-refractivity contribution is -0.281. The van der Waals surface area contributed by atoms with E-state index < -0.39 is 105 Å². The third-order valence-electron chi connectivity index (χ3n) is 9.16. The van der Waals surface area contributed by atoms with E-state index in [1.807, 2.05) is 0 Å². The topological polar surface area (TPSA) is 320 Å². The van der Waals surface area contributed by atoms with Crippen LogP contribution >= 0.6 is 0 Å². The fourth-order valence-electron chi connectivity index (χ4n) is 6.15. The van der Waals surface area contributed by atoms with E-state index in [0.717, 1.165) is 12.1 Å². The number of hydrogen-bond acceptors (Lipinski definition) is 18. The van der Waals surface area contributed by atoms with Crippen molar-refractivity contribution in [2.24, 2.45) is 0 Å². The van der Waals surface area contributed by atoms with Crippen molar-refractivity contribution in [1.82, 2.24) is 0 Å². The Bertz CT molecular complexity index is 2150. The largest absolute Gasteiger partial charge is 0.508 e. The monoisotopic (exact) mass is 827 g/mol. The minimum atomic E-state index is -1.99. The SMILES string of the molecule is O=C(O)CC(=O)OC1C(CO)OC(Oc2cc(O)cc3[o+]c(-c4ccc(O)cc4)c(OC4OC(COC(=O)C=Cc5ccc(O)cc5)C(O)C(O)C4O)cc23)C(O)C1O. The number of aliphatic hydroxyl groups excluding tert-OH is 6. The summed E-state index contributed by atoms with van der Waals surface area (Å²) in [5, 5.41) is 103. The van der Waals surface area contributed by atoms with Crippen molar-refractivity contribution in [3.05, 3.63) is 78.4 Å². The van der Waals surface area contributed by atoms with Crippen molar-refractivity contribution in [2.75, 3.05) is 13.2 Å². The van der Waals surface area contributed by atoms with Gasteiger partial charge in [0.15, 0.2) is 6.10 Å². The highest BCUT2D eigenvalue weighted by Gasteiger charge is 2.49. The smallest absolute Gasteiger partial charge is 0.402 e. The van der Waals surface area contributed by atoms with Gasteiger partial charge < -0.3 is 79.5 Å². The molecule has 0 bridgehead atoms. The zero-order valence-electron chi connectivity index (χ0n) is 30.5. The molecule has 2 fully saturated rings. The Morgan fingerprint density at radius 1 is 0.712 bits per heavy atom. The van der Waals surface area contributed by atoms with E-state index in [-0.39, 0.29) is 45.3 Å². The Balaban J connectivity index is 1.28. The Morgan fingerprint density at radius 2 is 1.32 bits per heavy atom. The molecule has 3 heterocycles. The molecule has 1 aromatic heterocycles. The molecular formula is C39H39O20+. The quantitative estimate of drug-likeness (QED) is 0.0371. The highest BCUT2D eigenvalue weighted by molar-refractivity contribution is 5.90. The molecule has 0 aliphatic carbocycles. The van der Waals surface area contributed by atoms with Crippen LogP contribution in [0.25, 0.3) is 28.4 Å². The molecule has 2 aliphatic heterocycles. The molecule has 0 saturated carbocycles. The van der Waals surface area contributed by atoms with Gasteiger partial charge in [0.1, 0.15) is 84.1 Å². The number of ether oxygens (including phenoxy) is 6. The molecule has 0 amide bonds. The maximum Gasteiger partial charge on any atom is 0.402 e. The molecule has 4 aromatic rings. The average molecular weight is 828 g/mol. The average Bonchev–Trinajstić information content (AvgIpc) is 3.20. The second-order valence-electron chi connectivity index (χ2n) is 13.4. The van der Waals surface area contributed by atoms with E-state index in [0.29, 0.717) is 5.56 Å². The summed E-state index contributed by atoms with van der Waals surface area (Å²) in [6.07, 6.45) is -16.4. The molecule has 2 saturated heterocycles. The van der Waals surface area contributed by atoms with Crippen molar-refractivity contribution in [1.29, 1.82) is 0 Å². The van der Waals surface area contributed by atoms with E-state index in [2.05, 4.69) is 0 Å². The number of hydrogen-bond donors (Lipinski definition) is 10. The molecule has 10 unspecified atom stereocenters. The highest BCUT2D eigenvalue weighted by Crippen LogP contribution is 2.42. The molecule has 59 heavy (non-hydrogen) atoms. The first-order valence-corrected chi connectivity index (χ1v) is 17.8. The molecular weight excluding hydrogens is 788 g/mol. The number of benzene rings is 3. The number of carbonyl (C=O) groups excluding carboxylic acids is 2. The maximum atomic E-state index is 12.5. The van der Waals surface area contributed by atoms with Crippen LogP contribution in [-0.2, 0) is 33.3 Å². The van der Waals surface area contributed by atoms with Crippen LogP contribution < -0.4 is 9.47 Å². The summed E-state index contributed by atoms with van der Waals surface area (Å²) < 4.78 is 39.6. The summed E-state index contributed by atoms with van der Waals surface area (Å²) in [6, 6.07) is 14.9. The lowest BCUT2D eigenvalue weighted by atomic mass is 9.99. The number of rotatable bonds is 13. The van der Waals surface area contributed by atoms with Gasteiger partial charge in [-0.2, -0.15) is 0 Å². The summed E-state index contributed by atoms with van der Waals surface area (Å²) in [7, 11) is 0. The molecule has 0 radical (unpaired) electrons. The summed E-state index contributed by atoms with van der Waals surface area (Å²) in [6.45, 7) is -1.50. The number of carboxylic acids is 1. The fourth-order valence-corrected chi connectivity index (χ4v) is 6.15. The van der Waals surface area contributed by atoms with E-state index in [1.165, 1.54) is 54.6 Å². The van der Waals surface area contributed by atoms with Crippen LogP contribution in [-0.4, -0.2) is 144 Å². The maximum absolute atomic E-state index is 12.5. The van der Waals surface area contributed by atoms with Crippen LogP contribution in [0.1, 0.15) is 12.0 Å². The third kappa shape index (κ3) is 9.96. The Hall–Kier alpha value is -6.10. The summed E-state index contributed by atoms with van der Waals surface area (Å²) in [5.74, 6) is -4.81. The second kappa shape index (κ2) is 18.2. The number of phenolic OH excluding ortho intramolecular Hbond substituents is 3. The van der Waals surface area contributed by atoms with Gasteiger partial charge in [0, 0.05) is 18.2 Å². The summed E-state index contributed by atoms with van der Waals surface area (Å²) >= 11 is 0. The number of fused-ring (bicyclic) bond motifs is 1. The highest BCUT2D eigenvalue weighted by atomic mass is 16.7. The molecule has 314 valence electrons. The number of esters is 2. The zero-order chi connectivity index (χ0) is 42.5. The van der Waals surface area contributed by atoms with Gasteiger partial charge in [0.2, 0.25) is 18.3 Å². The summed E-state index contributed by atoms with van der Waals surface area (Å²) in [4.78, 5) is 35.4. The minimum absolute atomic E-state index is 0.0158. The van der Waals surface area contributed by atoms with E-state index in [4.69, 9.17) is 37.9 Å². The third-order valence-corrected chi connectivity index (χ3v) is 9.16. The van der Waals surface area contributed by atoms with Gasteiger partial charge in [-0.3, -0.25) is 9.59 Å². The van der Waals surface area contributed by atoms with Gasteiger partial charge in [-0.15, -0.1) is 0 Å². The second-order valence-corrected chi connectivity index (χ2v) is 13.4. The van der Waals surface area contributed by atoms with Crippen molar-refractivity contribution >= 4 is 35.0 Å². The molecule has 10 atom stereocenters. The van der Waals surface area contributed by atoms with Crippen LogP contribution in [0.4, 0.5) is 0 Å². The molecule has 6 rings (SSSR count). The van der Waals surface area contributed by atoms with Gasteiger partial charge in [-0.05, 0) is 48.0 Å². The lowest BCUT2D eigenvalue weighted by Gasteiger charge is -2.41. The Kier molecular flexibility index (Phi) is 13.1. The zero-order valence-corrected chi connectivity index (χ0v) is 30.5. The number of aromatic hydroxyl groups is 3. The lowest BCUT2D eigenvalue weighted by Crippen LogP contribution is -2.61. The first kappa shape index (κ1) is 42.5. The van der Waals surface area contributed by atoms with Gasteiger partial charge >= 0.3 is 29.3 Å². The Labute approximate surface area is 332 Å². The normalized spacial score (nSPS) is 26.9. The van der Waals surface area contributed by atoms with Crippen LogP contribution in [0, 0.1) is 0 Å². The van der Waals surface area contributed by atoms with Crippen molar-refractivity contribution in [3.8, 4) is 40.1 Å². The first-order valence-electron chi connectivity index (χ1n) is 17.8. The number of phenols is 3.